The van der Waals surface area contributed by atoms with Crippen LogP contribution in [0.2, 0.25) is 0 Å². The molecule has 0 aromatic heterocycles. The zero-order valence-corrected chi connectivity index (χ0v) is 14.3. The SMILES string of the molecule is C[C@@]1(F)C(=O)O[C@H](C(O)C(=O)c2ccccc2)[C@]1(O)C(=O)c1ccccc1. The van der Waals surface area contributed by atoms with Crippen molar-refractivity contribution in [2.75, 3.05) is 0 Å². The van der Waals surface area contributed by atoms with Gasteiger partial charge in [0, 0.05) is 11.1 Å². The van der Waals surface area contributed by atoms with Crippen LogP contribution in [0, 0.1) is 0 Å². The summed E-state index contributed by atoms with van der Waals surface area (Å²) in [6, 6.07) is 14.8. The Morgan fingerprint density at radius 3 is 2.04 bits per heavy atom. The predicted octanol–water partition coefficient (Wildman–Crippen LogP) is 1.50. The van der Waals surface area contributed by atoms with Crippen LogP contribution in [0.5, 0.6) is 0 Å². The zero-order chi connectivity index (χ0) is 19.8. The maximum atomic E-state index is 15.1. The third-order valence-electron chi connectivity index (χ3n) is 4.74. The fourth-order valence-corrected chi connectivity index (χ4v) is 3.09. The summed E-state index contributed by atoms with van der Waals surface area (Å²) < 4.78 is 19.9. The molecular weight excluding hydrogens is 355 g/mol. The van der Waals surface area contributed by atoms with Crippen LogP contribution in [0.4, 0.5) is 4.39 Å². The first kappa shape index (κ1) is 18.9. The van der Waals surface area contributed by atoms with E-state index < -0.39 is 41.0 Å². The Morgan fingerprint density at radius 2 is 1.52 bits per heavy atom. The average Bonchev–Trinajstić information content (AvgIpc) is 2.88. The Labute approximate surface area is 154 Å². The molecule has 2 aromatic rings. The number of hydrogen-bond acceptors (Lipinski definition) is 6. The van der Waals surface area contributed by atoms with Crippen LogP contribution in [0.15, 0.2) is 60.7 Å². The van der Waals surface area contributed by atoms with Gasteiger partial charge in [-0.3, -0.25) is 9.59 Å². The van der Waals surface area contributed by atoms with Crippen LogP contribution in [-0.2, 0) is 9.53 Å². The highest BCUT2D eigenvalue weighted by Crippen LogP contribution is 2.43. The summed E-state index contributed by atoms with van der Waals surface area (Å²) in [5, 5.41) is 21.4. The van der Waals surface area contributed by atoms with Gasteiger partial charge in [0.25, 0.3) is 0 Å². The molecule has 1 saturated heterocycles. The average molecular weight is 372 g/mol. The lowest BCUT2D eigenvalue weighted by atomic mass is 9.75. The number of cyclic esters (lactones) is 1. The first-order valence-corrected chi connectivity index (χ1v) is 8.21. The van der Waals surface area contributed by atoms with Crippen molar-refractivity contribution in [2.45, 2.75) is 30.4 Å². The molecule has 2 aromatic carbocycles. The van der Waals surface area contributed by atoms with Gasteiger partial charge in [0.15, 0.2) is 18.0 Å². The smallest absolute Gasteiger partial charge is 0.347 e. The van der Waals surface area contributed by atoms with Gasteiger partial charge in [-0.05, 0) is 6.92 Å². The minimum atomic E-state index is -3.15. The molecule has 0 saturated carbocycles. The van der Waals surface area contributed by atoms with Crippen molar-refractivity contribution in [3.8, 4) is 0 Å². The summed E-state index contributed by atoms with van der Waals surface area (Å²) in [7, 11) is 0. The van der Waals surface area contributed by atoms with E-state index in [0.717, 1.165) is 0 Å². The van der Waals surface area contributed by atoms with Crippen LogP contribution in [0.3, 0.4) is 0 Å². The van der Waals surface area contributed by atoms with E-state index in [1.54, 1.807) is 24.3 Å². The van der Waals surface area contributed by atoms with E-state index in [-0.39, 0.29) is 11.1 Å². The molecule has 1 unspecified atom stereocenters. The lowest BCUT2D eigenvalue weighted by Gasteiger charge is -2.33. The third-order valence-corrected chi connectivity index (χ3v) is 4.74. The standard InChI is InChI=1S/C20H17FO6/c1-19(21)18(25)27-17(15(23)14(22)12-8-4-2-5-9-12)20(19,26)16(24)13-10-6-3-7-11-13/h2-11,15,17,23,26H,1H3/t15?,17-,19-,20-/m1/s1. The zero-order valence-electron chi connectivity index (χ0n) is 14.3. The van der Waals surface area contributed by atoms with Gasteiger partial charge in [0.1, 0.15) is 0 Å². The minimum absolute atomic E-state index is 0.0584. The summed E-state index contributed by atoms with van der Waals surface area (Å²) in [6.45, 7) is 0.690. The normalized spacial score (nSPS) is 28.4. The Kier molecular flexibility index (Phi) is 4.67. The van der Waals surface area contributed by atoms with Gasteiger partial charge in [0.2, 0.25) is 17.1 Å². The van der Waals surface area contributed by atoms with Gasteiger partial charge in [0.05, 0.1) is 0 Å². The summed E-state index contributed by atoms with van der Waals surface area (Å²) in [6.07, 6.45) is -4.23. The Balaban J connectivity index is 2.04. The van der Waals surface area contributed by atoms with Crippen LogP contribution in [0.25, 0.3) is 0 Å². The largest absolute Gasteiger partial charge is 0.453 e. The lowest BCUT2D eigenvalue weighted by molar-refractivity contribution is -0.151. The van der Waals surface area contributed by atoms with Crippen molar-refractivity contribution in [1.82, 2.24) is 0 Å². The second-order valence-electron chi connectivity index (χ2n) is 6.47. The minimum Gasteiger partial charge on any atom is -0.453 e. The number of hydrogen-bond donors (Lipinski definition) is 2. The molecule has 1 aliphatic rings. The molecule has 7 heteroatoms. The number of carbonyl (C=O) groups excluding carboxylic acids is 3. The highest BCUT2D eigenvalue weighted by atomic mass is 19.1. The van der Waals surface area contributed by atoms with Gasteiger partial charge >= 0.3 is 5.97 Å². The van der Waals surface area contributed by atoms with E-state index in [1.165, 1.54) is 36.4 Å². The van der Waals surface area contributed by atoms with Gasteiger partial charge in [-0.25, -0.2) is 9.18 Å². The number of aliphatic hydroxyl groups excluding tert-OH is 1. The summed E-state index contributed by atoms with van der Waals surface area (Å²) >= 11 is 0. The summed E-state index contributed by atoms with van der Waals surface area (Å²) in [5.74, 6) is -3.60. The van der Waals surface area contributed by atoms with E-state index in [9.17, 15) is 24.6 Å². The molecule has 3 rings (SSSR count). The van der Waals surface area contributed by atoms with Crippen molar-refractivity contribution < 1.29 is 33.7 Å². The van der Waals surface area contributed by atoms with Gasteiger partial charge in [-0.1, -0.05) is 60.7 Å². The summed E-state index contributed by atoms with van der Waals surface area (Å²) in [4.78, 5) is 37.4. The molecule has 1 aliphatic heterocycles. The number of ether oxygens (including phenoxy) is 1. The molecule has 1 fully saturated rings. The monoisotopic (exact) mass is 372 g/mol. The molecule has 27 heavy (non-hydrogen) atoms. The van der Waals surface area contributed by atoms with Crippen LogP contribution in [0.1, 0.15) is 27.6 Å². The molecule has 0 bridgehead atoms. The van der Waals surface area contributed by atoms with Crippen molar-refractivity contribution in [3.05, 3.63) is 71.8 Å². The fourth-order valence-electron chi connectivity index (χ4n) is 3.09. The maximum absolute atomic E-state index is 15.1. The van der Waals surface area contributed by atoms with Gasteiger partial charge in [-0.15, -0.1) is 0 Å². The second-order valence-corrected chi connectivity index (χ2v) is 6.47. The Bertz CT molecular complexity index is 880. The molecule has 6 nitrogen and oxygen atoms in total. The van der Waals surface area contributed by atoms with Crippen LogP contribution < -0.4 is 0 Å². The quantitative estimate of drug-likeness (QED) is 0.609. The fraction of sp³-hybridized carbons (Fsp3) is 0.250. The van der Waals surface area contributed by atoms with Crippen LogP contribution >= 0.6 is 0 Å². The van der Waals surface area contributed by atoms with Crippen molar-refractivity contribution in [2.24, 2.45) is 0 Å². The highest BCUT2D eigenvalue weighted by Gasteiger charge is 2.72. The van der Waals surface area contributed by atoms with Gasteiger partial charge in [-0.2, -0.15) is 0 Å². The van der Waals surface area contributed by atoms with Crippen LogP contribution in [-0.4, -0.2) is 51.2 Å². The first-order valence-electron chi connectivity index (χ1n) is 8.21. The van der Waals surface area contributed by atoms with E-state index >= 15 is 4.39 Å². The molecule has 0 aliphatic carbocycles. The Morgan fingerprint density at radius 1 is 1.04 bits per heavy atom. The highest BCUT2D eigenvalue weighted by molar-refractivity contribution is 6.10. The van der Waals surface area contributed by atoms with E-state index in [2.05, 4.69) is 0 Å². The van der Waals surface area contributed by atoms with E-state index in [1.807, 2.05) is 0 Å². The number of halogens is 1. The number of alkyl halides is 1. The number of Topliss-reactive ketones (excluding diaryl/α,β-unsaturated/α-hetero) is 2. The van der Waals surface area contributed by atoms with E-state index in [4.69, 9.17) is 4.74 Å². The topological polar surface area (TPSA) is 101 Å². The first-order chi connectivity index (χ1) is 12.7. The molecule has 2 N–H and O–H groups in total. The van der Waals surface area contributed by atoms with E-state index in [0.29, 0.717) is 6.92 Å². The van der Waals surface area contributed by atoms with Gasteiger partial charge < -0.3 is 14.9 Å². The molecule has 4 atom stereocenters. The lowest BCUT2D eigenvalue weighted by Crippen LogP contribution is -2.62. The molecular formula is C20H17FO6. The molecule has 0 amide bonds. The Hall–Kier alpha value is -2.90. The molecule has 0 radical (unpaired) electrons. The number of aliphatic hydroxyl groups is 2. The predicted molar refractivity (Wildman–Crippen MR) is 91.9 cm³/mol. The number of rotatable bonds is 5. The summed E-state index contributed by atoms with van der Waals surface area (Å²) in [5.41, 5.74) is -6.26. The van der Waals surface area contributed by atoms with Crippen molar-refractivity contribution in [1.29, 1.82) is 0 Å². The third kappa shape index (κ3) is 2.85. The van der Waals surface area contributed by atoms with Crippen molar-refractivity contribution in [3.63, 3.8) is 0 Å². The van der Waals surface area contributed by atoms with Crippen molar-refractivity contribution >= 4 is 17.5 Å². The number of carbonyl (C=O) groups is 3. The molecule has 0 spiro atoms. The number of benzene rings is 2. The molecule has 140 valence electrons. The molecule has 1 heterocycles. The number of esters is 1. The second kappa shape index (κ2) is 6.68. The number of ketones is 2. The maximum Gasteiger partial charge on any atom is 0.347 e.